The molecule has 1 aliphatic heterocycles. The second-order valence-electron chi connectivity index (χ2n) is 17.0. The van der Waals surface area contributed by atoms with E-state index in [-0.39, 0.29) is 0 Å². The lowest BCUT2D eigenvalue weighted by Crippen LogP contribution is -2.65. The van der Waals surface area contributed by atoms with Crippen LogP contribution in [0.4, 0.5) is 0 Å². The van der Waals surface area contributed by atoms with Crippen LogP contribution in [-0.4, -0.2) is 128 Å². The molecular weight excluding hydrogens is 833 g/mol. The van der Waals surface area contributed by atoms with Crippen LogP contribution in [0.25, 0.3) is 0 Å². The van der Waals surface area contributed by atoms with Crippen LogP contribution in [0.2, 0.25) is 131 Å². The van der Waals surface area contributed by atoms with Gasteiger partial charge in [-0.05, 0) is 118 Å². The van der Waals surface area contributed by atoms with Gasteiger partial charge in [0.05, 0.1) is 0 Å². The molecule has 0 aromatic carbocycles. The highest BCUT2D eigenvalue weighted by molar-refractivity contribution is 6.91. The van der Waals surface area contributed by atoms with E-state index in [9.17, 15) is 0 Å². The molecule has 0 radical (unpaired) electrons. The maximum Gasteiger partial charge on any atom is 0.486 e. The summed E-state index contributed by atoms with van der Waals surface area (Å²) in [4.78, 5) is 0. The molecule has 0 N–H and O–H groups in total. The van der Waals surface area contributed by atoms with Crippen LogP contribution in [0.15, 0.2) is 24.6 Å². The summed E-state index contributed by atoms with van der Waals surface area (Å²) >= 11 is 0. The van der Waals surface area contributed by atoms with Gasteiger partial charge in [-0.25, -0.2) is 0 Å². The summed E-state index contributed by atoms with van der Waals surface area (Å²) in [6, 6.07) is 0. The average Bonchev–Trinajstić information content (AvgIpc) is 2.94. The Kier molecular flexibility index (Phi) is 27.8. The van der Waals surface area contributed by atoms with Crippen molar-refractivity contribution in [1.29, 1.82) is 0 Å². The number of rotatable bonds is 12. The molecule has 52 heavy (non-hydrogen) atoms. The molecule has 0 aromatic rings. The van der Waals surface area contributed by atoms with Gasteiger partial charge < -0.3 is 51.2 Å². The fraction of sp³-hybridized carbons (Fsp3) is 0.867. The first-order chi connectivity index (χ1) is 22.7. The maximum atomic E-state index is 6.14. The fourth-order valence-corrected chi connectivity index (χ4v) is 34.6. The summed E-state index contributed by atoms with van der Waals surface area (Å²) in [5.41, 5.74) is 3.78. The van der Waals surface area contributed by atoms with Crippen LogP contribution in [0.3, 0.4) is 0 Å². The molecule has 1 rings (SSSR count). The van der Waals surface area contributed by atoms with E-state index in [1.807, 2.05) is 63.8 Å². The van der Waals surface area contributed by atoms with Crippen molar-refractivity contribution in [3.8, 4) is 0 Å². The highest BCUT2D eigenvalue weighted by Crippen LogP contribution is 2.30. The molecule has 0 spiro atoms. The zero-order valence-corrected chi connectivity index (χ0v) is 48.5. The standard InChI is InChI=1S/C8H24O5Si4.C7H18O3Si2.C6H18O2Si2.C5H12OSi.C4H12OSi/c1-9-17(8)12-15(4,5)10-14(2,3)11-16(6,7)13-17;1-7-11(4,5)10-12(6,8-2)9-3;1-7-10(5,6)8-9(2,3)4;1-5-7(3,4)6-2;1-5-6(2,3)4/h1-8H3;7H,1H2,2-6H3;1-6H3;5H,1H2,2-4H3;1-4H3. The van der Waals surface area contributed by atoms with Gasteiger partial charge in [0.25, 0.3) is 0 Å². The zero-order chi connectivity index (χ0) is 42.9. The van der Waals surface area contributed by atoms with Gasteiger partial charge >= 0.3 is 51.9 Å². The van der Waals surface area contributed by atoms with E-state index < -0.39 is 85.1 Å². The van der Waals surface area contributed by atoms with Crippen molar-refractivity contribution in [2.45, 2.75) is 131 Å². The van der Waals surface area contributed by atoms with Gasteiger partial charge in [-0.3, -0.25) is 0 Å². The first-order valence-corrected chi connectivity index (χ1v) is 46.0. The molecular formula is C30H84O12Si10. The quantitative estimate of drug-likeness (QED) is 0.174. The first kappa shape index (κ1) is 59.9. The highest BCUT2D eigenvalue weighted by atomic mass is 28.5. The molecule has 22 heteroatoms. The lowest BCUT2D eigenvalue weighted by Gasteiger charge is -2.46. The first-order valence-electron chi connectivity index (χ1n) is 17.5. The molecule has 0 amide bonds. The summed E-state index contributed by atoms with van der Waals surface area (Å²) in [5.74, 6) is 0. The van der Waals surface area contributed by atoms with Crippen LogP contribution in [0, 0.1) is 0 Å². The van der Waals surface area contributed by atoms with E-state index in [2.05, 4.69) is 91.7 Å². The van der Waals surface area contributed by atoms with E-state index in [0.29, 0.717) is 0 Å². The minimum absolute atomic E-state index is 1.13. The lowest BCUT2D eigenvalue weighted by atomic mass is 11.3. The monoisotopic (exact) mass is 916 g/mol. The van der Waals surface area contributed by atoms with Gasteiger partial charge in [0.15, 0.2) is 16.6 Å². The second-order valence-corrected chi connectivity index (χ2v) is 54.7. The van der Waals surface area contributed by atoms with Gasteiger partial charge in [-0.1, -0.05) is 11.4 Å². The smallest absolute Gasteiger partial charge is 0.436 e. The third-order valence-corrected chi connectivity index (χ3v) is 36.8. The fourth-order valence-electron chi connectivity index (χ4n) is 3.79. The van der Waals surface area contributed by atoms with Gasteiger partial charge in [0.1, 0.15) is 0 Å². The molecule has 0 bridgehead atoms. The second kappa shape index (κ2) is 24.2. The topological polar surface area (TPSA) is 111 Å². The predicted octanol–water partition coefficient (Wildman–Crippen LogP) is 9.40. The Balaban J connectivity index is -0.000000292. The minimum Gasteiger partial charge on any atom is -0.436 e. The van der Waals surface area contributed by atoms with Crippen LogP contribution in [0.1, 0.15) is 0 Å². The molecule has 1 heterocycles. The largest absolute Gasteiger partial charge is 0.486 e. The van der Waals surface area contributed by atoms with Gasteiger partial charge in [-0.15, -0.1) is 13.2 Å². The summed E-state index contributed by atoms with van der Waals surface area (Å²) in [6.45, 7) is 48.8. The van der Waals surface area contributed by atoms with Crippen molar-refractivity contribution in [2.75, 3.05) is 42.7 Å². The van der Waals surface area contributed by atoms with Gasteiger partial charge in [0, 0.05) is 55.8 Å². The van der Waals surface area contributed by atoms with E-state index in [0.717, 1.165) is 0 Å². The molecule has 12 nitrogen and oxygen atoms in total. The third kappa shape index (κ3) is 34.4. The summed E-state index contributed by atoms with van der Waals surface area (Å²) in [5, 5.41) is 0. The average molecular weight is 918 g/mol. The molecule has 0 saturated carbocycles. The van der Waals surface area contributed by atoms with E-state index in [1.165, 1.54) is 0 Å². The van der Waals surface area contributed by atoms with Gasteiger partial charge in [-0.2, -0.15) is 0 Å². The molecule has 1 aliphatic rings. The summed E-state index contributed by atoms with van der Waals surface area (Å²) in [6.07, 6.45) is 0. The number of hydrogen-bond acceptors (Lipinski definition) is 12. The van der Waals surface area contributed by atoms with Crippen LogP contribution >= 0.6 is 0 Å². The molecule has 1 fully saturated rings. The van der Waals surface area contributed by atoms with Crippen molar-refractivity contribution >= 4 is 85.1 Å². The van der Waals surface area contributed by atoms with Crippen LogP contribution < -0.4 is 0 Å². The van der Waals surface area contributed by atoms with Crippen LogP contribution in [-0.2, 0) is 51.2 Å². The SMILES string of the molecule is C=C[Si](C)(C)OC.C=C[Si](C)(C)O[Si](C)(OC)OC.CO[Si](C)(C)C.CO[Si](C)(C)O[Si](C)(C)C.CO[Si]1(C)O[Si](C)(C)O[Si](C)(C)O[Si](C)(C)O1. The molecule has 0 atom stereocenters. The minimum atomic E-state index is -2.63. The molecule has 0 aromatic heterocycles. The third-order valence-electron chi connectivity index (χ3n) is 6.57. The summed E-state index contributed by atoms with van der Waals surface area (Å²) < 4.78 is 67.4. The Morgan fingerprint density at radius 1 is 0.423 bits per heavy atom. The van der Waals surface area contributed by atoms with Crippen molar-refractivity contribution in [1.82, 2.24) is 0 Å². The van der Waals surface area contributed by atoms with E-state index in [1.54, 1.807) is 42.7 Å². The number of hydrogen-bond donors (Lipinski definition) is 0. The Morgan fingerprint density at radius 3 is 0.923 bits per heavy atom. The van der Waals surface area contributed by atoms with Crippen molar-refractivity contribution < 1.29 is 51.2 Å². The van der Waals surface area contributed by atoms with Crippen molar-refractivity contribution in [3.63, 3.8) is 0 Å². The van der Waals surface area contributed by atoms with Gasteiger partial charge in [0.2, 0.25) is 16.6 Å². The Morgan fingerprint density at radius 2 is 0.750 bits per heavy atom. The molecule has 0 aliphatic carbocycles. The van der Waals surface area contributed by atoms with Crippen molar-refractivity contribution in [2.24, 2.45) is 0 Å². The van der Waals surface area contributed by atoms with E-state index >= 15 is 0 Å². The zero-order valence-electron chi connectivity index (χ0n) is 38.5. The van der Waals surface area contributed by atoms with E-state index in [4.69, 9.17) is 51.2 Å². The van der Waals surface area contributed by atoms with Crippen molar-refractivity contribution in [3.05, 3.63) is 24.6 Å². The maximum absolute atomic E-state index is 6.14. The summed E-state index contributed by atoms with van der Waals surface area (Å²) in [7, 11) is -9.02. The Labute approximate surface area is 332 Å². The molecule has 0 unspecified atom stereocenters. The normalized spacial score (nSPS) is 18.5. The predicted molar refractivity (Wildman–Crippen MR) is 244 cm³/mol. The lowest BCUT2D eigenvalue weighted by molar-refractivity contribution is 0.153. The highest BCUT2D eigenvalue weighted by Gasteiger charge is 2.53. The molecule has 316 valence electrons. The molecule has 1 saturated heterocycles. The Hall–Kier alpha value is 1.17. The Bertz CT molecular complexity index is 976. The van der Waals surface area contributed by atoms with Crippen LogP contribution in [0.5, 0.6) is 0 Å².